The number of aromatic amines is 1. The van der Waals surface area contributed by atoms with E-state index < -0.39 is 5.97 Å². The van der Waals surface area contributed by atoms with Crippen molar-refractivity contribution in [3.63, 3.8) is 0 Å². The second-order valence-electron chi connectivity index (χ2n) is 8.20. The summed E-state index contributed by atoms with van der Waals surface area (Å²) in [5.74, 6) is -0.0945. The highest BCUT2D eigenvalue weighted by atomic mass is 16.5. The monoisotopic (exact) mass is 419 g/mol. The normalized spacial score (nSPS) is 18.9. The Bertz CT molecular complexity index is 789. The average Bonchev–Trinajstić information content (AvgIpc) is 3.07. The van der Waals surface area contributed by atoms with Crippen LogP contribution in [0, 0.1) is 25.7 Å². The summed E-state index contributed by atoms with van der Waals surface area (Å²) < 4.78 is 10.4. The van der Waals surface area contributed by atoms with Crippen LogP contribution in [0.4, 0.5) is 0 Å². The lowest BCUT2D eigenvalue weighted by Crippen LogP contribution is -2.47. The van der Waals surface area contributed by atoms with Crippen LogP contribution in [0.25, 0.3) is 0 Å². The number of nitrogens with one attached hydrogen (secondary N) is 1. The van der Waals surface area contributed by atoms with Gasteiger partial charge in [0.15, 0.2) is 0 Å². The zero-order chi connectivity index (χ0) is 21.8. The van der Waals surface area contributed by atoms with Gasteiger partial charge in [-0.1, -0.05) is 6.92 Å². The molecular weight excluding hydrogens is 386 g/mol. The molecule has 1 N–H and O–H groups in total. The third-order valence-electron chi connectivity index (χ3n) is 6.38. The number of esters is 1. The minimum absolute atomic E-state index is 0.0507. The lowest BCUT2D eigenvalue weighted by Gasteiger charge is -2.37. The molecule has 1 atom stereocenters. The summed E-state index contributed by atoms with van der Waals surface area (Å²) in [5.41, 5.74) is 2.18. The summed E-state index contributed by atoms with van der Waals surface area (Å²) in [6, 6.07) is 0. The number of carbonyl (C=O) groups excluding carboxylic acids is 3. The van der Waals surface area contributed by atoms with Gasteiger partial charge in [0.25, 0.3) is 5.91 Å². The molecule has 0 saturated carbocycles. The Balaban J connectivity index is 1.61. The molecule has 2 aliphatic rings. The van der Waals surface area contributed by atoms with Gasteiger partial charge in [-0.25, -0.2) is 4.79 Å². The first-order valence-electron chi connectivity index (χ1n) is 10.9. The maximum Gasteiger partial charge on any atom is 0.340 e. The number of morpholine rings is 1. The van der Waals surface area contributed by atoms with Crippen LogP contribution in [0.5, 0.6) is 0 Å². The van der Waals surface area contributed by atoms with E-state index in [1.54, 1.807) is 20.8 Å². The first kappa shape index (κ1) is 22.3. The Kier molecular flexibility index (Phi) is 7.18. The van der Waals surface area contributed by atoms with Gasteiger partial charge in [-0.2, -0.15) is 0 Å². The van der Waals surface area contributed by atoms with Gasteiger partial charge >= 0.3 is 5.97 Å². The minimum Gasteiger partial charge on any atom is -0.462 e. The molecule has 0 aromatic carbocycles. The molecule has 8 heteroatoms. The molecule has 2 fully saturated rings. The van der Waals surface area contributed by atoms with E-state index in [9.17, 15) is 14.4 Å². The number of amides is 2. The third kappa shape index (κ3) is 4.53. The molecule has 3 heterocycles. The fraction of sp³-hybridized carbons (Fsp3) is 0.682. The van der Waals surface area contributed by atoms with E-state index in [0.717, 1.165) is 12.8 Å². The molecule has 0 spiro atoms. The number of ether oxygens (including phenoxy) is 2. The molecule has 30 heavy (non-hydrogen) atoms. The number of likely N-dealkylation sites (tertiary alicyclic amines) is 1. The predicted octanol–water partition coefficient (Wildman–Crippen LogP) is 2.16. The highest BCUT2D eigenvalue weighted by molar-refractivity contribution is 6.00. The van der Waals surface area contributed by atoms with E-state index >= 15 is 0 Å². The number of rotatable bonds is 5. The largest absolute Gasteiger partial charge is 0.462 e. The van der Waals surface area contributed by atoms with Crippen LogP contribution < -0.4 is 0 Å². The number of H-pyrrole nitrogens is 1. The smallest absolute Gasteiger partial charge is 0.340 e. The summed E-state index contributed by atoms with van der Waals surface area (Å²) in [6.07, 6.45) is 1.60. The number of aromatic nitrogens is 1. The van der Waals surface area contributed by atoms with Gasteiger partial charge in [0.1, 0.15) is 5.69 Å². The molecule has 2 aliphatic heterocycles. The van der Waals surface area contributed by atoms with Crippen molar-refractivity contribution in [2.45, 2.75) is 40.5 Å². The molecule has 1 aromatic heterocycles. The zero-order valence-corrected chi connectivity index (χ0v) is 18.5. The quantitative estimate of drug-likeness (QED) is 0.739. The lowest BCUT2D eigenvalue weighted by molar-refractivity contribution is -0.141. The number of piperidine rings is 1. The van der Waals surface area contributed by atoms with Crippen LogP contribution in [0.3, 0.4) is 0 Å². The van der Waals surface area contributed by atoms with Crippen LogP contribution in [0.2, 0.25) is 0 Å². The summed E-state index contributed by atoms with van der Waals surface area (Å²) >= 11 is 0. The van der Waals surface area contributed by atoms with E-state index in [2.05, 4.69) is 4.98 Å². The summed E-state index contributed by atoms with van der Waals surface area (Å²) in [4.78, 5) is 44.8. The second-order valence-corrected chi connectivity index (χ2v) is 8.20. The van der Waals surface area contributed by atoms with Crippen LogP contribution in [0.1, 0.15) is 58.8 Å². The van der Waals surface area contributed by atoms with Crippen molar-refractivity contribution in [3.05, 3.63) is 22.5 Å². The lowest BCUT2D eigenvalue weighted by atomic mass is 9.84. The Morgan fingerprint density at radius 1 is 1.10 bits per heavy atom. The van der Waals surface area contributed by atoms with Crippen molar-refractivity contribution in [3.8, 4) is 0 Å². The summed E-state index contributed by atoms with van der Waals surface area (Å²) in [7, 11) is 0. The fourth-order valence-corrected chi connectivity index (χ4v) is 4.51. The minimum atomic E-state index is -0.406. The van der Waals surface area contributed by atoms with Crippen LogP contribution >= 0.6 is 0 Å². The van der Waals surface area contributed by atoms with Crippen molar-refractivity contribution in [2.24, 2.45) is 11.8 Å². The van der Waals surface area contributed by atoms with E-state index in [0.29, 0.717) is 68.5 Å². The van der Waals surface area contributed by atoms with Gasteiger partial charge in [-0.15, -0.1) is 0 Å². The van der Waals surface area contributed by atoms with Crippen LogP contribution in [-0.2, 0) is 14.3 Å². The first-order chi connectivity index (χ1) is 14.3. The zero-order valence-electron chi connectivity index (χ0n) is 18.5. The van der Waals surface area contributed by atoms with E-state index in [1.165, 1.54) is 0 Å². The van der Waals surface area contributed by atoms with Gasteiger partial charge in [-0.3, -0.25) is 9.59 Å². The Hall–Kier alpha value is -2.35. The Morgan fingerprint density at radius 2 is 1.73 bits per heavy atom. The summed E-state index contributed by atoms with van der Waals surface area (Å²) in [6.45, 7) is 11.4. The van der Waals surface area contributed by atoms with Crippen molar-refractivity contribution in [2.75, 3.05) is 46.0 Å². The molecule has 166 valence electrons. The number of nitrogens with zero attached hydrogens (tertiary/aromatic N) is 2. The van der Waals surface area contributed by atoms with Crippen molar-refractivity contribution in [1.29, 1.82) is 0 Å². The van der Waals surface area contributed by atoms with Gasteiger partial charge < -0.3 is 24.3 Å². The molecule has 0 aliphatic carbocycles. The van der Waals surface area contributed by atoms with Crippen molar-refractivity contribution >= 4 is 17.8 Å². The van der Waals surface area contributed by atoms with Crippen LogP contribution in [0.15, 0.2) is 0 Å². The number of carbonyl (C=O) groups is 3. The molecule has 3 rings (SSSR count). The van der Waals surface area contributed by atoms with Gasteiger partial charge in [0.2, 0.25) is 5.91 Å². The SMILES string of the molecule is CCOC(=O)c1c(C)[nH]c(C(=O)N2CCC([C@H](C)C(=O)N3CCOCC3)CC2)c1C. The standard InChI is InChI=1S/C22H33N3O5/c1-5-30-22(28)18-15(3)19(23-16(18)4)21(27)24-8-6-17(7-9-24)14(2)20(26)25-10-12-29-13-11-25/h14,17,23H,5-13H2,1-4H3/t14-/m0/s1. The first-order valence-corrected chi connectivity index (χ1v) is 10.9. The highest BCUT2D eigenvalue weighted by Crippen LogP contribution is 2.28. The third-order valence-corrected chi connectivity index (χ3v) is 6.38. The van der Waals surface area contributed by atoms with Gasteiger partial charge in [0, 0.05) is 37.8 Å². The summed E-state index contributed by atoms with van der Waals surface area (Å²) in [5, 5.41) is 0. The fourth-order valence-electron chi connectivity index (χ4n) is 4.51. The molecule has 0 unspecified atom stereocenters. The van der Waals surface area contributed by atoms with Gasteiger partial charge in [0.05, 0.1) is 25.4 Å². The maximum absolute atomic E-state index is 13.1. The maximum atomic E-state index is 13.1. The Morgan fingerprint density at radius 3 is 2.33 bits per heavy atom. The number of aryl methyl sites for hydroxylation is 1. The second kappa shape index (κ2) is 9.64. The topological polar surface area (TPSA) is 91.9 Å². The molecule has 8 nitrogen and oxygen atoms in total. The Labute approximate surface area is 177 Å². The average molecular weight is 420 g/mol. The van der Waals surface area contributed by atoms with E-state index in [4.69, 9.17) is 9.47 Å². The molecule has 1 aromatic rings. The highest BCUT2D eigenvalue weighted by Gasteiger charge is 2.34. The van der Waals surface area contributed by atoms with E-state index in [-0.39, 0.29) is 23.7 Å². The van der Waals surface area contributed by atoms with Crippen molar-refractivity contribution < 1.29 is 23.9 Å². The van der Waals surface area contributed by atoms with Crippen molar-refractivity contribution in [1.82, 2.24) is 14.8 Å². The molecule has 2 amide bonds. The van der Waals surface area contributed by atoms with Crippen LogP contribution in [-0.4, -0.2) is 78.6 Å². The molecule has 0 radical (unpaired) electrons. The number of hydrogen-bond donors (Lipinski definition) is 1. The molecule has 0 bridgehead atoms. The van der Waals surface area contributed by atoms with Gasteiger partial charge in [-0.05, 0) is 45.1 Å². The molecular formula is C22H33N3O5. The number of hydrogen-bond acceptors (Lipinski definition) is 5. The predicted molar refractivity (Wildman–Crippen MR) is 111 cm³/mol. The van der Waals surface area contributed by atoms with E-state index in [1.807, 2.05) is 16.7 Å². The molecule has 2 saturated heterocycles.